The summed E-state index contributed by atoms with van der Waals surface area (Å²) < 4.78 is 5.27. The van der Waals surface area contributed by atoms with Crippen molar-refractivity contribution in [2.45, 2.75) is 26.2 Å². The van der Waals surface area contributed by atoms with E-state index < -0.39 is 5.97 Å². The van der Waals surface area contributed by atoms with Crippen LogP contribution in [0, 0.1) is 13.8 Å². The molecule has 3 heterocycles. The number of aromatic nitrogens is 1. The molecule has 0 fully saturated rings. The number of carboxylic acid groups (broad SMARTS) is 1. The van der Waals surface area contributed by atoms with Crippen molar-refractivity contribution >= 4 is 28.9 Å². The van der Waals surface area contributed by atoms with Crippen LogP contribution in [-0.4, -0.2) is 22.1 Å². The van der Waals surface area contributed by atoms with Gasteiger partial charge in [0.2, 0.25) is 5.91 Å². The van der Waals surface area contributed by atoms with Gasteiger partial charge in [0.05, 0.1) is 11.4 Å². The second kappa shape index (κ2) is 6.10. The van der Waals surface area contributed by atoms with Gasteiger partial charge in [0.25, 0.3) is 0 Å². The van der Waals surface area contributed by atoms with Crippen LogP contribution in [0.2, 0.25) is 0 Å². The van der Waals surface area contributed by atoms with Crippen LogP contribution in [0.25, 0.3) is 11.1 Å². The number of fused-ring (bicyclic) bond motifs is 1. The van der Waals surface area contributed by atoms with E-state index >= 15 is 0 Å². The van der Waals surface area contributed by atoms with E-state index in [1.54, 1.807) is 0 Å². The van der Waals surface area contributed by atoms with Gasteiger partial charge in [-0.1, -0.05) is 35.5 Å². The number of aryl methyl sites for hydroxylation is 2. The molecule has 1 aliphatic rings. The van der Waals surface area contributed by atoms with Crippen LogP contribution < -0.4 is 5.32 Å². The van der Waals surface area contributed by atoms with Crippen molar-refractivity contribution < 1.29 is 19.2 Å². The molecule has 3 aromatic rings. The molecule has 0 saturated heterocycles. The zero-order valence-corrected chi connectivity index (χ0v) is 15.0. The Morgan fingerprint density at radius 2 is 2.04 bits per heavy atom. The van der Waals surface area contributed by atoms with Gasteiger partial charge in [0, 0.05) is 28.3 Å². The van der Waals surface area contributed by atoms with Gasteiger partial charge in [0.15, 0.2) is 0 Å². The number of benzene rings is 1. The van der Waals surface area contributed by atoms with Crippen LogP contribution in [0.3, 0.4) is 0 Å². The number of amides is 1. The normalized spacial score (nSPS) is 16.2. The lowest BCUT2D eigenvalue weighted by molar-refractivity contribution is -0.116. The molecule has 1 atom stereocenters. The number of hydrogen-bond acceptors (Lipinski definition) is 5. The Bertz CT molecular complexity index is 1000. The van der Waals surface area contributed by atoms with Crippen molar-refractivity contribution in [3.05, 3.63) is 57.1 Å². The second-order valence-corrected chi connectivity index (χ2v) is 7.31. The lowest BCUT2D eigenvalue weighted by Gasteiger charge is -2.23. The van der Waals surface area contributed by atoms with Crippen molar-refractivity contribution in [1.82, 2.24) is 5.16 Å². The summed E-state index contributed by atoms with van der Waals surface area (Å²) in [4.78, 5) is 25.4. The molecule has 0 radical (unpaired) electrons. The van der Waals surface area contributed by atoms with E-state index in [0.717, 1.165) is 21.7 Å². The number of nitrogens with one attached hydrogen (secondary N) is 1. The van der Waals surface area contributed by atoms with E-state index in [0.29, 0.717) is 17.0 Å². The molecule has 6 nitrogen and oxygen atoms in total. The fourth-order valence-corrected chi connectivity index (χ4v) is 4.77. The number of hydrogen-bond donors (Lipinski definition) is 2. The van der Waals surface area contributed by atoms with Crippen LogP contribution in [0.5, 0.6) is 0 Å². The van der Waals surface area contributed by atoms with Crippen molar-refractivity contribution in [3.63, 3.8) is 0 Å². The lowest BCUT2D eigenvalue weighted by Crippen LogP contribution is -2.23. The molecule has 132 valence electrons. The van der Waals surface area contributed by atoms with Gasteiger partial charge in [-0.2, -0.15) is 0 Å². The maximum atomic E-state index is 12.4. The van der Waals surface area contributed by atoms with Gasteiger partial charge in [-0.05, 0) is 19.4 Å². The number of rotatable bonds is 3. The summed E-state index contributed by atoms with van der Waals surface area (Å²) in [6.45, 7) is 3.65. The van der Waals surface area contributed by atoms with Gasteiger partial charge < -0.3 is 14.9 Å². The smallest absolute Gasteiger partial charge is 0.346 e. The minimum atomic E-state index is -1.00. The van der Waals surface area contributed by atoms with Gasteiger partial charge in [-0.3, -0.25) is 4.79 Å². The third kappa shape index (κ3) is 2.52. The molecular formula is C19H16N2O4S. The topological polar surface area (TPSA) is 92.4 Å². The molecule has 7 heteroatoms. The summed E-state index contributed by atoms with van der Waals surface area (Å²) in [5.74, 6) is -0.755. The summed E-state index contributed by atoms with van der Waals surface area (Å²) in [6, 6.07) is 9.26. The molecule has 4 rings (SSSR count). The van der Waals surface area contributed by atoms with E-state index in [2.05, 4.69) is 10.5 Å². The van der Waals surface area contributed by atoms with E-state index in [1.165, 1.54) is 11.3 Å². The highest BCUT2D eigenvalue weighted by molar-refractivity contribution is 7.15. The third-order valence-electron chi connectivity index (χ3n) is 4.60. The van der Waals surface area contributed by atoms with Crippen LogP contribution >= 0.6 is 11.3 Å². The largest absolute Gasteiger partial charge is 0.477 e. The fraction of sp³-hybridized carbons (Fsp3) is 0.211. The highest BCUT2D eigenvalue weighted by Crippen LogP contribution is 2.50. The van der Waals surface area contributed by atoms with E-state index in [9.17, 15) is 14.7 Å². The van der Waals surface area contributed by atoms with E-state index in [4.69, 9.17) is 4.52 Å². The van der Waals surface area contributed by atoms with Crippen LogP contribution in [0.15, 0.2) is 34.9 Å². The highest BCUT2D eigenvalue weighted by atomic mass is 32.1. The molecule has 0 spiro atoms. The van der Waals surface area contributed by atoms with E-state index in [-0.39, 0.29) is 23.1 Å². The molecule has 0 bridgehead atoms. The second-order valence-electron chi connectivity index (χ2n) is 6.26. The molecule has 0 aliphatic carbocycles. The minimum absolute atomic E-state index is 0.144. The van der Waals surface area contributed by atoms with Crippen LogP contribution in [-0.2, 0) is 4.79 Å². The number of carbonyl (C=O) groups is 2. The van der Waals surface area contributed by atoms with Crippen LogP contribution in [0.1, 0.15) is 43.9 Å². The average Bonchev–Trinajstić information content (AvgIpc) is 3.15. The van der Waals surface area contributed by atoms with Crippen molar-refractivity contribution in [2.24, 2.45) is 0 Å². The fourth-order valence-electron chi connectivity index (χ4n) is 3.54. The van der Waals surface area contributed by atoms with E-state index in [1.807, 2.05) is 44.2 Å². The van der Waals surface area contributed by atoms with Gasteiger partial charge >= 0.3 is 5.97 Å². The SMILES string of the molecule is Cc1noc(C)c1C1CC(=O)Nc2c1sc(C(=O)O)c2-c1ccccc1. The summed E-state index contributed by atoms with van der Waals surface area (Å²) in [6.07, 6.45) is 0.240. The Balaban J connectivity index is 1.98. The Morgan fingerprint density at radius 3 is 2.65 bits per heavy atom. The third-order valence-corrected chi connectivity index (χ3v) is 5.89. The Kier molecular flexibility index (Phi) is 3.88. The molecule has 0 saturated carbocycles. The molecule has 2 N–H and O–H groups in total. The molecule has 1 aliphatic heterocycles. The average molecular weight is 368 g/mol. The lowest BCUT2D eigenvalue weighted by atomic mass is 9.87. The maximum absolute atomic E-state index is 12.4. The summed E-state index contributed by atoms with van der Waals surface area (Å²) in [7, 11) is 0. The van der Waals surface area contributed by atoms with Gasteiger partial charge in [0.1, 0.15) is 10.6 Å². The zero-order chi connectivity index (χ0) is 18.4. The summed E-state index contributed by atoms with van der Waals surface area (Å²) in [5, 5.41) is 16.6. The van der Waals surface area contributed by atoms with Crippen molar-refractivity contribution in [1.29, 1.82) is 0 Å². The van der Waals surface area contributed by atoms with Crippen molar-refractivity contribution in [2.75, 3.05) is 5.32 Å². The first-order valence-electron chi connectivity index (χ1n) is 8.15. The summed E-state index contributed by atoms with van der Waals surface area (Å²) in [5.41, 5.74) is 3.49. The minimum Gasteiger partial charge on any atom is -0.477 e. The Hall–Kier alpha value is -2.93. The number of anilines is 1. The van der Waals surface area contributed by atoms with Crippen molar-refractivity contribution in [3.8, 4) is 11.1 Å². The monoisotopic (exact) mass is 368 g/mol. The highest BCUT2D eigenvalue weighted by Gasteiger charge is 2.36. The van der Waals surface area contributed by atoms with Gasteiger partial charge in [-0.25, -0.2) is 4.79 Å². The Labute approximate surface area is 153 Å². The van der Waals surface area contributed by atoms with Crippen LogP contribution in [0.4, 0.5) is 5.69 Å². The zero-order valence-electron chi connectivity index (χ0n) is 14.2. The quantitative estimate of drug-likeness (QED) is 0.723. The molecule has 1 unspecified atom stereocenters. The number of carbonyl (C=O) groups excluding carboxylic acids is 1. The molecule has 1 amide bonds. The first-order valence-corrected chi connectivity index (χ1v) is 8.97. The number of carboxylic acids is 1. The maximum Gasteiger partial charge on any atom is 0.346 e. The first kappa shape index (κ1) is 16.5. The number of thiophene rings is 1. The first-order chi connectivity index (χ1) is 12.5. The molecule has 2 aromatic heterocycles. The number of nitrogens with zero attached hydrogens (tertiary/aromatic N) is 1. The predicted octanol–water partition coefficient (Wildman–Crippen LogP) is 4.19. The Morgan fingerprint density at radius 1 is 1.31 bits per heavy atom. The number of aromatic carboxylic acids is 1. The van der Waals surface area contributed by atoms with Gasteiger partial charge in [-0.15, -0.1) is 11.3 Å². The standard InChI is InChI=1S/C19H16N2O4S/c1-9-14(10(2)25-21-9)12-8-13(22)20-16-15(11-6-4-3-5-7-11)18(19(23)24)26-17(12)16/h3-7,12H,8H2,1-2H3,(H,20,22)(H,23,24). The molecule has 26 heavy (non-hydrogen) atoms. The predicted molar refractivity (Wildman–Crippen MR) is 97.8 cm³/mol. The molecule has 1 aromatic carbocycles. The summed E-state index contributed by atoms with van der Waals surface area (Å²) >= 11 is 1.21. The molecular weight excluding hydrogens is 352 g/mol.